The molecule has 0 spiro atoms. The Labute approximate surface area is 212 Å². The minimum absolute atomic E-state index is 0.597. The van der Waals surface area contributed by atoms with Crippen LogP contribution >= 0.6 is 0 Å². The predicted molar refractivity (Wildman–Crippen MR) is 145 cm³/mol. The minimum Gasteiger partial charge on any atom is -0.497 e. The van der Waals surface area contributed by atoms with Crippen LogP contribution in [-0.4, -0.2) is 57.7 Å². The Morgan fingerprint density at radius 3 is 2.44 bits per heavy atom. The number of likely N-dealkylation sites (tertiary alicyclic amines) is 1. The van der Waals surface area contributed by atoms with Crippen molar-refractivity contribution in [3.05, 3.63) is 72.1 Å². The van der Waals surface area contributed by atoms with Crippen LogP contribution in [0.25, 0.3) is 11.2 Å². The highest BCUT2D eigenvalue weighted by Gasteiger charge is 2.15. The lowest BCUT2D eigenvalue weighted by atomic mass is 10.1. The third-order valence-corrected chi connectivity index (χ3v) is 6.73. The van der Waals surface area contributed by atoms with Gasteiger partial charge in [0.15, 0.2) is 17.0 Å². The Morgan fingerprint density at radius 2 is 1.67 bits per heavy atom. The van der Waals surface area contributed by atoms with Crippen molar-refractivity contribution in [2.75, 3.05) is 43.9 Å². The number of benzene rings is 2. The van der Waals surface area contributed by atoms with Crippen molar-refractivity contribution >= 4 is 22.9 Å². The molecule has 1 saturated heterocycles. The molecule has 5 rings (SSSR count). The number of rotatable bonds is 11. The number of aromatic nitrogens is 4. The third kappa shape index (κ3) is 6.12. The normalized spacial score (nSPS) is 14.1. The molecule has 2 aromatic carbocycles. The van der Waals surface area contributed by atoms with E-state index in [0.29, 0.717) is 12.5 Å². The van der Waals surface area contributed by atoms with Gasteiger partial charge in [0.1, 0.15) is 5.75 Å². The molecule has 0 bridgehead atoms. The monoisotopic (exact) mass is 485 g/mol. The SMILES string of the molecule is COc1ccc(CNc2nc(NCCc3ccccc3)c3ncn(CCN4CCCCC4)c3n2)cc1. The molecule has 0 amide bonds. The summed E-state index contributed by atoms with van der Waals surface area (Å²) in [6, 6.07) is 18.5. The van der Waals surface area contributed by atoms with Crippen LogP contribution in [0.15, 0.2) is 60.9 Å². The van der Waals surface area contributed by atoms with E-state index >= 15 is 0 Å². The summed E-state index contributed by atoms with van der Waals surface area (Å²) in [5.74, 6) is 2.21. The number of methoxy groups -OCH3 is 1. The first-order chi connectivity index (χ1) is 17.8. The van der Waals surface area contributed by atoms with Gasteiger partial charge in [-0.2, -0.15) is 9.97 Å². The summed E-state index contributed by atoms with van der Waals surface area (Å²) in [5, 5.41) is 6.92. The minimum atomic E-state index is 0.597. The van der Waals surface area contributed by atoms with Gasteiger partial charge in [-0.1, -0.05) is 48.9 Å². The van der Waals surface area contributed by atoms with Crippen molar-refractivity contribution in [3.63, 3.8) is 0 Å². The second-order valence-electron chi connectivity index (χ2n) is 9.27. The van der Waals surface area contributed by atoms with Crippen LogP contribution in [0.5, 0.6) is 5.75 Å². The van der Waals surface area contributed by atoms with E-state index in [0.717, 1.165) is 54.3 Å². The van der Waals surface area contributed by atoms with E-state index in [-0.39, 0.29) is 0 Å². The van der Waals surface area contributed by atoms with E-state index in [1.165, 1.54) is 37.9 Å². The summed E-state index contributed by atoms with van der Waals surface area (Å²) in [6.45, 7) is 5.65. The quantitative estimate of drug-likeness (QED) is 0.322. The zero-order valence-electron chi connectivity index (χ0n) is 21.0. The molecule has 1 aliphatic heterocycles. The highest BCUT2D eigenvalue weighted by Crippen LogP contribution is 2.22. The van der Waals surface area contributed by atoms with Crippen molar-refractivity contribution in [2.24, 2.45) is 0 Å². The zero-order valence-corrected chi connectivity index (χ0v) is 21.0. The number of nitrogens with one attached hydrogen (secondary N) is 2. The van der Waals surface area contributed by atoms with Gasteiger partial charge in [-0.25, -0.2) is 4.98 Å². The first kappa shape index (κ1) is 24.1. The van der Waals surface area contributed by atoms with Crippen molar-refractivity contribution in [1.82, 2.24) is 24.4 Å². The van der Waals surface area contributed by atoms with Gasteiger partial charge < -0.3 is 24.8 Å². The topological polar surface area (TPSA) is 80.1 Å². The molecule has 8 nitrogen and oxygen atoms in total. The van der Waals surface area contributed by atoms with E-state index in [2.05, 4.69) is 44.4 Å². The molecular weight excluding hydrogens is 450 g/mol. The molecule has 36 heavy (non-hydrogen) atoms. The first-order valence-corrected chi connectivity index (χ1v) is 12.9. The average Bonchev–Trinajstić information content (AvgIpc) is 3.35. The standard InChI is InChI=1S/C28H35N7O/c1-36-24-12-10-23(11-13-24)20-30-28-32-26(29-15-14-22-8-4-2-5-9-22)25-27(33-28)35(21-31-25)19-18-34-16-6-3-7-17-34/h2,4-5,8-13,21H,3,6-7,14-20H2,1H3,(H2,29,30,32,33). The van der Waals surface area contributed by atoms with Gasteiger partial charge in [-0.05, 0) is 55.6 Å². The second-order valence-corrected chi connectivity index (χ2v) is 9.27. The molecule has 0 unspecified atom stereocenters. The van der Waals surface area contributed by atoms with Gasteiger partial charge in [0.25, 0.3) is 0 Å². The highest BCUT2D eigenvalue weighted by atomic mass is 16.5. The Bertz CT molecular complexity index is 1230. The van der Waals surface area contributed by atoms with Gasteiger partial charge in [0.2, 0.25) is 5.95 Å². The van der Waals surface area contributed by atoms with Crippen LogP contribution < -0.4 is 15.4 Å². The summed E-state index contributed by atoms with van der Waals surface area (Å²) in [6.07, 6.45) is 6.75. The molecule has 2 aromatic heterocycles. The molecule has 4 aromatic rings. The number of hydrogen-bond acceptors (Lipinski definition) is 7. The maximum absolute atomic E-state index is 5.27. The zero-order chi connectivity index (χ0) is 24.6. The fourth-order valence-electron chi connectivity index (χ4n) is 4.64. The number of anilines is 2. The fourth-order valence-corrected chi connectivity index (χ4v) is 4.64. The van der Waals surface area contributed by atoms with Gasteiger partial charge in [0, 0.05) is 26.2 Å². The first-order valence-electron chi connectivity index (χ1n) is 12.9. The molecule has 3 heterocycles. The van der Waals surface area contributed by atoms with Crippen molar-refractivity contribution in [2.45, 2.75) is 38.8 Å². The average molecular weight is 486 g/mol. The number of hydrogen-bond donors (Lipinski definition) is 2. The number of nitrogens with zero attached hydrogens (tertiary/aromatic N) is 5. The summed E-state index contributed by atoms with van der Waals surface area (Å²) in [4.78, 5) is 16.9. The van der Waals surface area contributed by atoms with Crippen LogP contribution in [0.2, 0.25) is 0 Å². The predicted octanol–water partition coefficient (Wildman–Crippen LogP) is 4.59. The Balaban J connectivity index is 1.33. The Hall–Kier alpha value is -3.65. The third-order valence-electron chi connectivity index (χ3n) is 6.73. The van der Waals surface area contributed by atoms with Crippen molar-refractivity contribution < 1.29 is 4.74 Å². The lowest BCUT2D eigenvalue weighted by Gasteiger charge is -2.26. The largest absolute Gasteiger partial charge is 0.497 e. The molecule has 2 N–H and O–H groups in total. The van der Waals surface area contributed by atoms with E-state index in [1.807, 2.05) is 36.7 Å². The molecule has 0 aliphatic carbocycles. The Kier molecular flexibility index (Phi) is 7.93. The van der Waals surface area contributed by atoms with Gasteiger partial charge >= 0.3 is 0 Å². The molecular formula is C28H35N7O. The van der Waals surface area contributed by atoms with E-state index in [1.54, 1.807) is 7.11 Å². The van der Waals surface area contributed by atoms with E-state index in [9.17, 15) is 0 Å². The molecule has 0 atom stereocenters. The second kappa shape index (κ2) is 11.9. The lowest BCUT2D eigenvalue weighted by molar-refractivity contribution is 0.221. The molecule has 188 valence electrons. The fraction of sp³-hybridized carbons (Fsp3) is 0.393. The molecule has 0 saturated carbocycles. The molecule has 8 heteroatoms. The van der Waals surface area contributed by atoms with Crippen LogP contribution in [0, 0.1) is 0 Å². The maximum atomic E-state index is 5.27. The molecule has 1 fully saturated rings. The Morgan fingerprint density at radius 1 is 0.861 bits per heavy atom. The lowest BCUT2D eigenvalue weighted by Crippen LogP contribution is -2.32. The van der Waals surface area contributed by atoms with Crippen LogP contribution in [0.1, 0.15) is 30.4 Å². The number of fused-ring (bicyclic) bond motifs is 1. The smallest absolute Gasteiger partial charge is 0.227 e. The highest BCUT2D eigenvalue weighted by molar-refractivity contribution is 5.84. The summed E-state index contributed by atoms with van der Waals surface area (Å²) in [7, 11) is 1.68. The van der Waals surface area contributed by atoms with E-state index in [4.69, 9.17) is 19.7 Å². The summed E-state index contributed by atoms with van der Waals surface area (Å²) in [5.41, 5.74) is 4.11. The molecule has 0 radical (unpaired) electrons. The number of imidazole rings is 1. The maximum Gasteiger partial charge on any atom is 0.227 e. The van der Waals surface area contributed by atoms with Gasteiger partial charge in [-0.15, -0.1) is 0 Å². The van der Waals surface area contributed by atoms with Crippen LogP contribution in [0.3, 0.4) is 0 Å². The van der Waals surface area contributed by atoms with Crippen molar-refractivity contribution in [3.8, 4) is 5.75 Å². The van der Waals surface area contributed by atoms with E-state index < -0.39 is 0 Å². The van der Waals surface area contributed by atoms with Gasteiger partial charge in [-0.3, -0.25) is 0 Å². The number of ether oxygens (including phenoxy) is 1. The van der Waals surface area contributed by atoms with Crippen molar-refractivity contribution in [1.29, 1.82) is 0 Å². The van der Waals surface area contributed by atoms with Crippen LogP contribution in [-0.2, 0) is 19.5 Å². The molecule has 1 aliphatic rings. The van der Waals surface area contributed by atoms with Crippen LogP contribution in [0.4, 0.5) is 11.8 Å². The summed E-state index contributed by atoms with van der Waals surface area (Å²) >= 11 is 0. The van der Waals surface area contributed by atoms with Gasteiger partial charge in [0.05, 0.1) is 13.4 Å². The number of piperidine rings is 1. The summed E-state index contributed by atoms with van der Waals surface area (Å²) < 4.78 is 7.43.